The molecule has 154 valence electrons. The summed E-state index contributed by atoms with van der Waals surface area (Å²) in [4.78, 5) is 4.50. The SMILES string of the molecule is CN=C(NCc1ccc(S(=O)(=O)NC)cc1)NCC(C)c1cccc(C)c1.I. The van der Waals surface area contributed by atoms with Gasteiger partial charge in [0.15, 0.2) is 5.96 Å². The normalized spacial score (nSPS) is 12.8. The van der Waals surface area contributed by atoms with E-state index in [-0.39, 0.29) is 28.9 Å². The molecule has 28 heavy (non-hydrogen) atoms. The lowest BCUT2D eigenvalue weighted by Gasteiger charge is -2.17. The molecule has 2 aromatic carbocycles. The summed E-state index contributed by atoms with van der Waals surface area (Å²) in [5.41, 5.74) is 3.52. The Bertz CT molecular complexity index is 883. The number of sulfonamides is 1. The van der Waals surface area contributed by atoms with Gasteiger partial charge in [0.1, 0.15) is 0 Å². The van der Waals surface area contributed by atoms with Gasteiger partial charge >= 0.3 is 0 Å². The Labute approximate surface area is 185 Å². The van der Waals surface area contributed by atoms with Crippen molar-refractivity contribution < 1.29 is 8.42 Å². The van der Waals surface area contributed by atoms with Crippen LogP contribution in [0.4, 0.5) is 0 Å². The lowest BCUT2D eigenvalue weighted by molar-refractivity contribution is 0.588. The van der Waals surface area contributed by atoms with E-state index in [4.69, 9.17) is 0 Å². The molecule has 0 bridgehead atoms. The maximum Gasteiger partial charge on any atom is 0.240 e. The van der Waals surface area contributed by atoms with Gasteiger partial charge in [0.2, 0.25) is 10.0 Å². The summed E-state index contributed by atoms with van der Waals surface area (Å²) in [5.74, 6) is 1.07. The number of aliphatic imine (C=N–C) groups is 1. The summed E-state index contributed by atoms with van der Waals surface area (Å²) >= 11 is 0. The number of aryl methyl sites for hydroxylation is 1. The molecule has 8 heteroatoms. The van der Waals surface area contributed by atoms with Crippen LogP contribution < -0.4 is 15.4 Å². The van der Waals surface area contributed by atoms with Crippen LogP contribution in [0.5, 0.6) is 0 Å². The Kier molecular flexibility index (Phi) is 9.91. The number of guanidine groups is 1. The van der Waals surface area contributed by atoms with Crippen molar-refractivity contribution in [3.05, 3.63) is 65.2 Å². The first-order chi connectivity index (χ1) is 12.9. The Morgan fingerprint density at radius 2 is 1.79 bits per heavy atom. The van der Waals surface area contributed by atoms with E-state index >= 15 is 0 Å². The van der Waals surface area contributed by atoms with Crippen LogP contribution in [0.3, 0.4) is 0 Å². The summed E-state index contributed by atoms with van der Waals surface area (Å²) in [6.45, 7) is 5.59. The molecule has 0 spiro atoms. The molecule has 0 saturated heterocycles. The first-order valence-electron chi connectivity index (χ1n) is 8.89. The van der Waals surface area contributed by atoms with Gasteiger partial charge in [0.05, 0.1) is 4.90 Å². The average Bonchev–Trinajstić information content (AvgIpc) is 2.68. The van der Waals surface area contributed by atoms with Crippen molar-refractivity contribution in [3.8, 4) is 0 Å². The Morgan fingerprint density at radius 3 is 2.36 bits per heavy atom. The molecule has 0 aliphatic carbocycles. The summed E-state index contributed by atoms with van der Waals surface area (Å²) in [5, 5.41) is 6.59. The van der Waals surface area contributed by atoms with Gasteiger partial charge in [-0.2, -0.15) is 0 Å². The molecule has 0 heterocycles. The van der Waals surface area contributed by atoms with E-state index in [1.54, 1.807) is 31.3 Å². The van der Waals surface area contributed by atoms with Crippen LogP contribution in [0.25, 0.3) is 0 Å². The molecular weight excluding hydrogens is 487 g/mol. The van der Waals surface area contributed by atoms with Gasteiger partial charge < -0.3 is 10.6 Å². The fraction of sp³-hybridized carbons (Fsp3) is 0.350. The van der Waals surface area contributed by atoms with Crippen molar-refractivity contribution in [2.75, 3.05) is 20.6 Å². The Hall–Kier alpha value is -1.65. The topological polar surface area (TPSA) is 82.6 Å². The highest BCUT2D eigenvalue weighted by Gasteiger charge is 2.11. The third-order valence-electron chi connectivity index (χ3n) is 4.37. The fourth-order valence-corrected chi connectivity index (χ4v) is 3.39. The van der Waals surface area contributed by atoms with Gasteiger partial charge in [0, 0.05) is 20.1 Å². The van der Waals surface area contributed by atoms with E-state index in [2.05, 4.69) is 58.5 Å². The quantitative estimate of drug-likeness (QED) is 0.300. The molecule has 1 atom stereocenters. The van der Waals surface area contributed by atoms with Crippen LogP contribution in [-0.4, -0.2) is 35.0 Å². The molecule has 3 N–H and O–H groups in total. The maximum absolute atomic E-state index is 11.8. The minimum atomic E-state index is -3.41. The molecule has 0 radical (unpaired) electrons. The second-order valence-corrected chi connectivity index (χ2v) is 8.36. The van der Waals surface area contributed by atoms with Gasteiger partial charge in [-0.3, -0.25) is 4.99 Å². The van der Waals surface area contributed by atoms with Gasteiger partial charge in [0.25, 0.3) is 0 Å². The predicted octanol–water partition coefficient (Wildman–Crippen LogP) is 2.99. The third kappa shape index (κ3) is 7.06. The number of hydrogen-bond acceptors (Lipinski definition) is 3. The zero-order valence-corrected chi connectivity index (χ0v) is 19.8. The monoisotopic (exact) mass is 516 g/mol. The van der Waals surface area contributed by atoms with Crippen molar-refractivity contribution in [2.24, 2.45) is 4.99 Å². The van der Waals surface area contributed by atoms with Crippen molar-refractivity contribution >= 4 is 40.0 Å². The number of hydrogen-bond donors (Lipinski definition) is 3. The molecule has 6 nitrogen and oxygen atoms in total. The number of rotatable bonds is 7. The zero-order chi connectivity index (χ0) is 19.9. The highest BCUT2D eigenvalue weighted by molar-refractivity contribution is 14.0. The molecule has 0 fully saturated rings. The second-order valence-electron chi connectivity index (χ2n) is 6.47. The van der Waals surface area contributed by atoms with Crippen molar-refractivity contribution in [2.45, 2.75) is 31.2 Å². The van der Waals surface area contributed by atoms with Crippen LogP contribution in [0.15, 0.2) is 58.4 Å². The third-order valence-corrected chi connectivity index (χ3v) is 5.80. The number of nitrogens with zero attached hydrogens (tertiary/aromatic N) is 1. The van der Waals surface area contributed by atoms with E-state index in [1.165, 1.54) is 18.2 Å². The molecular formula is C20H29IN4O2S. The van der Waals surface area contributed by atoms with E-state index in [0.29, 0.717) is 18.4 Å². The lowest BCUT2D eigenvalue weighted by atomic mass is 9.99. The summed E-state index contributed by atoms with van der Waals surface area (Å²) in [6.07, 6.45) is 0. The molecule has 1 unspecified atom stereocenters. The molecule has 0 aliphatic heterocycles. The summed E-state index contributed by atoms with van der Waals surface area (Å²) in [7, 11) is -0.273. The van der Waals surface area contributed by atoms with Crippen molar-refractivity contribution in [1.29, 1.82) is 0 Å². The van der Waals surface area contributed by atoms with Gasteiger partial charge in [-0.1, -0.05) is 48.9 Å². The lowest BCUT2D eigenvalue weighted by Crippen LogP contribution is -2.38. The highest BCUT2D eigenvalue weighted by Crippen LogP contribution is 2.15. The molecule has 0 amide bonds. The fourth-order valence-electron chi connectivity index (χ4n) is 2.65. The van der Waals surface area contributed by atoms with E-state index in [0.717, 1.165) is 12.1 Å². The minimum absolute atomic E-state index is 0. The van der Waals surface area contributed by atoms with Gasteiger partial charge in [-0.05, 0) is 43.1 Å². The van der Waals surface area contributed by atoms with Crippen LogP contribution in [0.2, 0.25) is 0 Å². The molecule has 2 aromatic rings. The molecule has 0 aromatic heterocycles. The Morgan fingerprint density at radius 1 is 1.11 bits per heavy atom. The van der Waals surface area contributed by atoms with E-state index in [9.17, 15) is 8.42 Å². The zero-order valence-electron chi connectivity index (χ0n) is 16.7. The smallest absolute Gasteiger partial charge is 0.240 e. The van der Waals surface area contributed by atoms with E-state index in [1.807, 2.05) is 0 Å². The van der Waals surface area contributed by atoms with Crippen LogP contribution >= 0.6 is 24.0 Å². The van der Waals surface area contributed by atoms with E-state index < -0.39 is 10.0 Å². The summed E-state index contributed by atoms with van der Waals surface area (Å²) in [6, 6.07) is 15.3. The predicted molar refractivity (Wildman–Crippen MR) is 126 cm³/mol. The van der Waals surface area contributed by atoms with Crippen LogP contribution in [0.1, 0.15) is 29.5 Å². The maximum atomic E-state index is 11.8. The first-order valence-corrected chi connectivity index (χ1v) is 10.4. The van der Waals surface area contributed by atoms with Crippen molar-refractivity contribution in [3.63, 3.8) is 0 Å². The average molecular weight is 516 g/mol. The van der Waals surface area contributed by atoms with Crippen LogP contribution in [-0.2, 0) is 16.6 Å². The van der Waals surface area contributed by atoms with Crippen molar-refractivity contribution in [1.82, 2.24) is 15.4 Å². The molecule has 2 rings (SSSR count). The standard InChI is InChI=1S/C20H28N4O2S.HI/c1-15-6-5-7-18(12-15)16(2)13-23-20(21-3)24-14-17-8-10-19(11-9-17)27(25,26)22-4;/h5-12,16,22H,13-14H2,1-4H3,(H2,21,23,24);1H. The molecule has 0 aliphatic rings. The van der Waals surface area contributed by atoms with Crippen LogP contribution in [0, 0.1) is 6.92 Å². The van der Waals surface area contributed by atoms with Gasteiger partial charge in [-0.25, -0.2) is 13.1 Å². The second kappa shape index (κ2) is 11.4. The highest BCUT2D eigenvalue weighted by atomic mass is 127. The summed E-state index contributed by atoms with van der Waals surface area (Å²) < 4.78 is 25.8. The largest absolute Gasteiger partial charge is 0.356 e. The minimum Gasteiger partial charge on any atom is -0.356 e. The number of nitrogens with one attached hydrogen (secondary N) is 3. The number of halogens is 1. The van der Waals surface area contributed by atoms with Gasteiger partial charge in [-0.15, -0.1) is 24.0 Å². The first kappa shape index (κ1) is 24.4. The molecule has 0 saturated carbocycles. The Balaban J connectivity index is 0.00000392. The number of benzene rings is 2.